The standard InChI is InChI=1S/C10H22N6O4S2/c1-9(2,3)21(17,18)8(13-15-16(11)14-12-7)22(19,20)10(4,5)6/h8H,1-7H3. The summed E-state index contributed by atoms with van der Waals surface area (Å²) >= 11 is 0. The van der Waals surface area contributed by atoms with E-state index >= 15 is 0 Å². The van der Waals surface area contributed by atoms with E-state index in [4.69, 9.17) is 5.53 Å². The summed E-state index contributed by atoms with van der Waals surface area (Å²) in [6.45, 7) is 8.12. The van der Waals surface area contributed by atoms with Crippen LogP contribution in [-0.4, -0.2) is 43.0 Å². The highest BCUT2D eigenvalue weighted by molar-refractivity contribution is 8.10. The molecule has 0 amide bonds. The van der Waals surface area contributed by atoms with Gasteiger partial charge in [0.15, 0.2) is 0 Å². The van der Waals surface area contributed by atoms with Crippen LogP contribution < -0.4 is 0 Å². The molecule has 0 aliphatic carbocycles. The molecule has 128 valence electrons. The summed E-state index contributed by atoms with van der Waals surface area (Å²) in [4.78, 5) is -0.108. The third-order valence-corrected chi connectivity index (χ3v) is 8.82. The molecular weight excluding hydrogens is 332 g/mol. The smallest absolute Gasteiger partial charge is 0.223 e. The van der Waals surface area contributed by atoms with E-state index < -0.39 is 33.9 Å². The van der Waals surface area contributed by atoms with Gasteiger partial charge in [0, 0.05) is 0 Å². The molecule has 10 nitrogen and oxygen atoms in total. The fourth-order valence-electron chi connectivity index (χ4n) is 1.08. The largest absolute Gasteiger partial charge is 0.319 e. The van der Waals surface area contributed by atoms with Gasteiger partial charge in [-0.3, -0.25) is 0 Å². The molecule has 0 aromatic carbocycles. The van der Waals surface area contributed by atoms with E-state index in [1.807, 2.05) is 0 Å². The Morgan fingerprint density at radius 2 is 1.23 bits per heavy atom. The van der Waals surface area contributed by atoms with E-state index in [1.54, 1.807) is 0 Å². The number of sulfone groups is 2. The number of hydrogen-bond donors (Lipinski definition) is 0. The minimum absolute atomic E-state index is 0.108. The summed E-state index contributed by atoms with van der Waals surface area (Å²) in [5.74, 6) is 0. The van der Waals surface area contributed by atoms with Crippen LogP contribution in [0.2, 0.25) is 0 Å². The Balaban J connectivity index is 6.24. The van der Waals surface area contributed by atoms with Crippen molar-refractivity contribution in [1.29, 1.82) is 0 Å². The van der Waals surface area contributed by atoms with Crippen LogP contribution in [-0.2, 0) is 19.7 Å². The summed E-state index contributed by atoms with van der Waals surface area (Å²) in [5.41, 5.74) is 9.16. The van der Waals surface area contributed by atoms with E-state index in [0.29, 0.717) is 0 Å². The van der Waals surface area contributed by atoms with Gasteiger partial charge >= 0.3 is 4.71 Å². The van der Waals surface area contributed by atoms with E-state index in [2.05, 4.69) is 20.7 Å². The van der Waals surface area contributed by atoms with Crippen molar-refractivity contribution in [3.05, 3.63) is 5.53 Å². The SMILES string of the molecule is CN=N[N+](=[N-])N=NC(S(=O)(=O)C(C)(C)C)S(=O)(=O)C(C)(C)C. The molecule has 0 rings (SSSR count). The molecule has 0 saturated carbocycles. The third kappa shape index (κ3) is 4.35. The molecule has 0 atom stereocenters. The second kappa shape index (κ2) is 6.44. The van der Waals surface area contributed by atoms with Crippen molar-refractivity contribution < 1.29 is 21.8 Å². The van der Waals surface area contributed by atoms with Crippen LogP contribution in [0.15, 0.2) is 20.7 Å². The highest BCUT2D eigenvalue weighted by Crippen LogP contribution is 2.31. The Bertz CT molecular complexity index is 636. The Kier molecular flexibility index (Phi) is 6.06. The highest BCUT2D eigenvalue weighted by Gasteiger charge is 2.51. The Hall–Kier alpha value is -1.30. The molecule has 12 heteroatoms. The molecule has 0 aromatic rings. The lowest BCUT2D eigenvalue weighted by molar-refractivity contribution is -0.576. The van der Waals surface area contributed by atoms with Gasteiger partial charge in [-0.2, -0.15) is 5.53 Å². The summed E-state index contributed by atoms with van der Waals surface area (Å²) in [6.07, 6.45) is 0. The molecule has 0 N–H and O–H groups in total. The first kappa shape index (κ1) is 20.7. The van der Waals surface area contributed by atoms with Crippen LogP contribution in [0.4, 0.5) is 0 Å². The van der Waals surface area contributed by atoms with Crippen LogP contribution in [0.1, 0.15) is 41.5 Å². The molecule has 0 unspecified atom stereocenters. The van der Waals surface area contributed by atoms with Crippen LogP contribution in [0.5, 0.6) is 0 Å². The topological polar surface area (TPSA) is 143 Å². The highest BCUT2D eigenvalue weighted by atomic mass is 32.3. The first-order chi connectivity index (χ1) is 9.59. The molecular formula is C10H22N6O4S2. The van der Waals surface area contributed by atoms with Crippen LogP contribution in [0, 0.1) is 0 Å². The predicted octanol–water partition coefficient (Wildman–Crippen LogP) is 2.09. The Morgan fingerprint density at radius 1 is 0.864 bits per heavy atom. The molecule has 0 radical (unpaired) electrons. The monoisotopic (exact) mass is 354 g/mol. The van der Waals surface area contributed by atoms with Gasteiger partial charge in [-0.05, 0) is 41.5 Å². The van der Waals surface area contributed by atoms with Gasteiger partial charge < -0.3 is 0 Å². The van der Waals surface area contributed by atoms with Crippen molar-refractivity contribution in [3.63, 3.8) is 0 Å². The van der Waals surface area contributed by atoms with Crippen LogP contribution in [0.3, 0.4) is 0 Å². The average Bonchev–Trinajstić information content (AvgIpc) is 2.25. The average molecular weight is 354 g/mol. The molecule has 0 aliphatic heterocycles. The summed E-state index contributed by atoms with van der Waals surface area (Å²) in [7, 11) is -7.27. The Morgan fingerprint density at radius 3 is 1.50 bits per heavy atom. The predicted molar refractivity (Wildman–Crippen MR) is 80.4 cm³/mol. The second-order valence-corrected chi connectivity index (χ2v) is 12.2. The molecule has 0 spiro atoms. The van der Waals surface area contributed by atoms with Gasteiger partial charge in [0.25, 0.3) is 0 Å². The zero-order chi connectivity index (χ0) is 18.0. The minimum atomic E-state index is -4.25. The summed E-state index contributed by atoms with van der Waals surface area (Å²) in [6, 6.07) is 0. The van der Waals surface area contributed by atoms with Gasteiger partial charge in [0.1, 0.15) is 0 Å². The van der Waals surface area contributed by atoms with E-state index in [0.717, 1.165) is 0 Å². The van der Waals surface area contributed by atoms with Crippen molar-refractivity contribution in [1.82, 2.24) is 0 Å². The fourth-order valence-corrected chi connectivity index (χ4v) is 5.69. The second-order valence-electron chi connectivity index (χ2n) is 6.38. The maximum atomic E-state index is 12.5. The number of nitrogens with zero attached hydrogens (tertiary/aromatic N) is 6. The molecule has 0 heterocycles. The summed E-state index contributed by atoms with van der Waals surface area (Å²) in [5, 5.41) is 12.6. The van der Waals surface area contributed by atoms with Crippen molar-refractivity contribution in [3.8, 4) is 0 Å². The van der Waals surface area contributed by atoms with Crippen molar-refractivity contribution in [2.75, 3.05) is 7.05 Å². The molecule has 0 aromatic heterocycles. The molecule has 0 aliphatic rings. The van der Waals surface area contributed by atoms with E-state index in [-0.39, 0.29) is 4.92 Å². The lowest BCUT2D eigenvalue weighted by Gasteiger charge is -2.27. The normalized spacial score (nSPS) is 15.1. The lowest BCUT2D eigenvalue weighted by Crippen LogP contribution is -2.46. The van der Waals surface area contributed by atoms with Gasteiger partial charge in [0.05, 0.1) is 16.5 Å². The lowest BCUT2D eigenvalue weighted by atomic mass is 10.3. The van der Waals surface area contributed by atoms with Gasteiger partial charge in [-0.1, -0.05) is 15.6 Å². The van der Waals surface area contributed by atoms with Crippen LogP contribution in [0.25, 0.3) is 5.53 Å². The number of hydrogen-bond acceptors (Lipinski definition) is 6. The molecule has 0 fully saturated rings. The van der Waals surface area contributed by atoms with Crippen molar-refractivity contribution in [2.45, 2.75) is 55.7 Å². The molecule has 22 heavy (non-hydrogen) atoms. The van der Waals surface area contributed by atoms with Crippen molar-refractivity contribution >= 4 is 19.7 Å². The number of rotatable bonds is 5. The minimum Gasteiger partial charge on any atom is -0.223 e. The van der Waals surface area contributed by atoms with Gasteiger partial charge in [-0.25, -0.2) is 16.8 Å². The van der Waals surface area contributed by atoms with E-state index in [1.165, 1.54) is 48.6 Å². The maximum Gasteiger partial charge on any atom is 0.319 e. The maximum absolute atomic E-state index is 12.5. The van der Waals surface area contributed by atoms with Gasteiger partial charge in [0.2, 0.25) is 19.7 Å². The zero-order valence-corrected chi connectivity index (χ0v) is 15.3. The molecule has 0 saturated heterocycles. The molecule has 0 bridgehead atoms. The van der Waals surface area contributed by atoms with Crippen LogP contribution >= 0.6 is 0 Å². The summed E-state index contributed by atoms with van der Waals surface area (Å²) < 4.78 is 45.2. The Labute approximate surface area is 131 Å². The van der Waals surface area contributed by atoms with Crippen molar-refractivity contribution in [2.24, 2.45) is 20.7 Å². The van der Waals surface area contributed by atoms with E-state index in [9.17, 15) is 16.8 Å². The first-order valence-electron chi connectivity index (χ1n) is 6.25. The zero-order valence-electron chi connectivity index (χ0n) is 13.7. The fraction of sp³-hybridized carbons (Fsp3) is 1.00. The first-order valence-corrected chi connectivity index (χ1v) is 9.34. The quantitative estimate of drug-likeness (QED) is 0.423. The third-order valence-electron chi connectivity index (χ3n) is 2.63. The van der Waals surface area contributed by atoms with Gasteiger partial charge in [-0.15, -0.1) is 10.0 Å².